The van der Waals surface area contributed by atoms with E-state index in [9.17, 15) is 21.2 Å². The van der Waals surface area contributed by atoms with Gasteiger partial charge in [0.25, 0.3) is 10.0 Å². The molecule has 176 valence electrons. The van der Waals surface area contributed by atoms with Gasteiger partial charge in [-0.3, -0.25) is 4.31 Å². The second kappa shape index (κ2) is 9.76. The van der Waals surface area contributed by atoms with Gasteiger partial charge in [-0.15, -0.1) is 0 Å². The molecule has 1 fully saturated rings. The van der Waals surface area contributed by atoms with Gasteiger partial charge in [-0.25, -0.2) is 25.5 Å². The Morgan fingerprint density at radius 1 is 1.06 bits per heavy atom. The maximum atomic E-state index is 13.7. The van der Waals surface area contributed by atoms with Crippen LogP contribution in [0.3, 0.4) is 0 Å². The average Bonchev–Trinajstić information content (AvgIpc) is 2.72. The zero-order chi connectivity index (χ0) is 23.5. The Bertz CT molecular complexity index is 1130. The van der Waals surface area contributed by atoms with Gasteiger partial charge in [-0.05, 0) is 61.2 Å². The molecule has 0 atom stereocenters. The number of sulfonamides is 2. The lowest BCUT2D eigenvalue weighted by Gasteiger charge is -2.30. The van der Waals surface area contributed by atoms with Gasteiger partial charge in [-0.2, -0.15) is 0 Å². The first-order valence-electron chi connectivity index (χ1n) is 10.5. The number of rotatable bonds is 8. The van der Waals surface area contributed by atoms with Gasteiger partial charge in [0.05, 0.1) is 16.8 Å². The van der Waals surface area contributed by atoms with E-state index in [4.69, 9.17) is 4.74 Å². The van der Waals surface area contributed by atoms with E-state index in [1.807, 2.05) is 13.8 Å². The summed E-state index contributed by atoms with van der Waals surface area (Å²) in [6.45, 7) is 4.80. The minimum Gasteiger partial charge on any atom is -0.490 e. The van der Waals surface area contributed by atoms with Gasteiger partial charge in [-0.1, -0.05) is 19.9 Å². The molecule has 1 aliphatic rings. The largest absolute Gasteiger partial charge is 0.490 e. The van der Waals surface area contributed by atoms with Gasteiger partial charge in [0.2, 0.25) is 10.0 Å². The van der Waals surface area contributed by atoms with Gasteiger partial charge in [0.15, 0.2) is 0 Å². The highest BCUT2D eigenvalue weighted by molar-refractivity contribution is 7.92. The molecule has 1 aliphatic heterocycles. The zero-order valence-corrected chi connectivity index (χ0v) is 20.1. The van der Waals surface area contributed by atoms with Crippen LogP contribution < -0.4 is 9.04 Å². The molecule has 0 spiro atoms. The average molecular weight is 485 g/mol. The van der Waals surface area contributed by atoms with Crippen LogP contribution >= 0.6 is 0 Å². The first kappa shape index (κ1) is 24.5. The molecule has 2 aromatic rings. The molecule has 7 nitrogen and oxygen atoms in total. The van der Waals surface area contributed by atoms with E-state index in [-0.39, 0.29) is 29.1 Å². The van der Waals surface area contributed by atoms with E-state index < -0.39 is 25.9 Å². The lowest BCUT2D eigenvalue weighted by atomic mass is 10.1. The molecule has 10 heteroatoms. The number of halogens is 1. The van der Waals surface area contributed by atoms with Crippen LogP contribution in [0.2, 0.25) is 0 Å². The molecule has 1 heterocycles. The molecule has 0 bridgehead atoms. The van der Waals surface area contributed by atoms with Crippen molar-refractivity contribution in [2.45, 2.75) is 37.7 Å². The standard InChI is InChI=1S/C22H29FN2O5S2/c1-17(2)16-25(19-6-4-5-18(23)15-19)32(28,29)22-9-7-20(8-10-22)30-21-11-13-24(14-12-21)31(3,26)27/h4-10,15,17,21H,11-14,16H2,1-3H3. The smallest absolute Gasteiger partial charge is 0.264 e. The third-order valence-corrected chi connectivity index (χ3v) is 8.32. The predicted molar refractivity (Wildman–Crippen MR) is 122 cm³/mol. The molecular weight excluding hydrogens is 455 g/mol. The molecular formula is C22H29FN2O5S2. The highest BCUT2D eigenvalue weighted by atomic mass is 32.2. The fourth-order valence-corrected chi connectivity index (χ4v) is 6.09. The number of hydrogen-bond acceptors (Lipinski definition) is 5. The molecule has 0 unspecified atom stereocenters. The van der Waals surface area contributed by atoms with Crippen LogP contribution in [-0.4, -0.2) is 53.1 Å². The van der Waals surface area contributed by atoms with Crippen molar-refractivity contribution in [2.24, 2.45) is 5.92 Å². The summed E-state index contributed by atoms with van der Waals surface area (Å²) >= 11 is 0. The van der Waals surface area contributed by atoms with E-state index in [2.05, 4.69) is 0 Å². The quantitative estimate of drug-likeness (QED) is 0.573. The highest BCUT2D eigenvalue weighted by Gasteiger charge is 2.28. The lowest BCUT2D eigenvalue weighted by molar-refractivity contribution is 0.135. The van der Waals surface area contributed by atoms with Crippen molar-refractivity contribution in [3.63, 3.8) is 0 Å². The fraction of sp³-hybridized carbons (Fsp3) is 0.455. The molecule has 0 radical (unpaired) electrons. The normalized spacial score (nSPS) is 16.3. The van der Waals surface area contributed by atoms with Gasteiger partial charge >= 0.3 is 0 Å². The van der Waals surface area contributed by atoms with Crippen molar-refractivity contribution >= 4 is 25.7 Å². The van der Waals surface area contributed by atoms with E-state index >= 15 is 0 Å². The number of piperidine rings is 1. The molecule has 0 saturated carbocycles. The van der Waals surface area contributed by atoms with Crippen LogP contribution in [0.1, 0.15) is 26.7 Å². The summed E-state index contributed by atoms with van der Waals surface area (Å²) in [6, 6.07) is 11.7. The second-order valence-electron chi connectivity index (χ2n) is 8.36. The molecule has 1 saturated heterocycles. The van der Waals surface area contributed by atoms with Crippen LogP contribution in [-0.2, 0) is 20.0 Å². The Morgan fingerprint density at radius 3 is 2.22 bits per heavy atom. The van der Waals surface area contributed by atoms with Crippen LogP contribution in [0.25, 0.3) is 0 Å². The summed E-state index contributed by atoms with van der Waals surface area (Å²) < 4.78 is 72.2. The van der Waals surface area contributed by atoms with Gasteiger partial charge in [0, 0.05) is 19.6 Å². The maximum absolute atomic E-state index is 13.7. The number of benzene rings is 2. The van der Waals surface area contributed by atoms with Gasteiger partial charge < -0.3 is 4.74 Å². The third-order valence-electron chi connectivity index (χ3n) is 5.21. The number of hydrogen-bond donors (Lipinski definition) is 0. The lowest BCUT2D eigenvalue weighted by Crippen LogP contribution is -2.41. The van der Waals surface area contributed by atoms with Crippen LogP contribution in [0, 0.1) is 11.7 Å². The van der Waals surface area contributed by atoms with E-state index in [0.717, 1.165) is 0 Å². The second-order valence-corrected chi connectivity index (χ2v) is 12.2. The summed E-state index contributed by atoms with van der Waals surface area (Å²) in [5, 5.41) is 0. The molecule has 0 amide bonds. The Morgan fingerprint density at radius 2 is 1.69 bits per heavy atom. The van der Waals surface area contributed by atoms with E-state index in [1.165, 1.54) is 45.2 Å². The molecule has 0 N–H and O–H groups in total. The molecule has 32 heavy (non-hydrogen) atoms. The van der Waals surface area contributed by atoms with Crippen molar-refractivity contribution < 1.29 is 26.0 Å². The summed E-state index contributed by atoms with van der Waals surface area (Å²) in [4.78, 5) is 0.0849. The van der Waals surface area contributed by atoms with Crippen LogP contribution in [0.4, 0.5) is 10.1 Å². The van der Waals surface area contributed by atoms with Crippen LogP contribution in [0.5, 0.6) is 5.75 Å². The maximum Gasteiger partial charge on any atom is 0.264 e. The molecule has 0 aliphatic carbocycles. The highest BCUT2D eigenvalue weighted by Crippen LogP contribution is 2.28. The van der Waals surface area contributed by atoms with E-state index in [1.54, 1.807) is 18.2 Å². The molecule has 0 aromatic heterocycles. The van der Waals surface area contributed by atoms with Crippen molar-refractivity contribution in [2.75, 3.05) is 30.2 Å². The monoisotopic (exact) mass is 484 g/mol. The van der Waals surface area contributed by atoms with Crippen molar-refractivity contribution in [3.8, 4) is 5.75 Å². The van der Waals surface area contributed by atoms with Crippen LogP contribution in [0.15, 0.2) is 53.4 Å². The first-order chi connectivity index (χ1) is 15.0. The summed E-state index contributed by atoms with van der Waals surface area (Å²) in [7, 11) is -7.11. The Labute approximate surface area is 189 Å². The predicted octanol–water partition coefficient (Wildman–Crippen LogP) is 3.48. The van der Waals surface area contributed by atoms with E-state index in [0.29, 0.717) is 31.7 Å². The third kappa shape index (κ3) is 5.99. The summed E-state index contributed by atoms with van der Waals surface area (Å²) in [5.74, 6) is 0.0495. The summed E-state index contributed by atoms with van der Waals surface area (Å²) in [5.41, 5.74) is 0.275. The summed E-state index contributed by atoms with van der Waals surface area (Å²) in [6.07, 6.45) is 2.18. The topological polar surface area (TPSA) is 84.0 Å². The fourth-order valence-electron chi connectivity index (χ4n) is 3.60. The van der Waals surface area contributed by atoms with Crippen molar-refractivity contribution in [1.29, 1.82) is 0 Å². The number of nitrogens with zero attached hydrogens (tertiary/aromatic N) is 2. The Hall–Kier alpha value is -2.17. The first-order valence-corrected chi connectivity index (χ1v) is 13.8. The molecule has 3 rings (SSSR count). The molecule has 2 aromatic carbocycles. The zero-order valence-electron chi connectivity index (χ0n) is 18.4. The van der Waals surface area contributed by atoms with Crippen molar-refractivity contribution in [1.82, 2.24) is 4.31 Å². The Kier molecular flexibility index (Phi) is 7.46. The SMILES string of the molecule is CC(C)CN(c1cccc(F)c1)S(=O)(=O)c1ccc(OC2CCN(S(C)(=O)=O)CC2)cc1. The Balaban J connectivity index is 1.75. The number of ether oxygens (including phenoxy) is 1. The minimum absolute atomic E-state index is 0.0356. The number of anilines is 1. The van der Waals surface area contributed by atoms with Crippen molar-refractivity contribution in [3.05, 3.63) is 54.3 Å². The minimum atomic E-state index is -3.90. The van der Waals surface area contributed by atoms with Gasteiger partial charge in [0.1, 0.15) is 17.7 Å².